The van der Waals surface area contributed by atoms with E-state index < -0.39 is 11.8 Å². The number of nitrogens with two attached hydrogens (primary N) is 1. The summed E-state index contributed by atoms with van der Waals surface area (Å²) < 4.78 is 17.3. The molecule has 0 radical (unpaired) electrons. The maximum absolute atomic E-state index is 13.0. The lowest BCUT2D eigenvalue weighted by Gasteiger charge is -2.03. The minimum absolute atomic E-state index is 0.00394. The van der Waals surface area contributed by atoms with Crippen LogP contribution in [0.5, 0.6) is 0 Å². The van der Waals surface area contributed by atoms with Gasteiger partial charge in [0.1, 0.15) is 11.9 Å². The van der Waals surface area contributed by atoms with Crippen molar-refractivity contribution in [2.45, 2.75) is 0 Å². The van der Waals surface area contributed by atoms with Gasteiger partial charge in [-0.2, -0.15) is 5.26 Å². The monoisotopic (exact) mass is 194 g/mol. The maximum atomic E-state index is 13.0. The molecule has 0 atom stereocenters. The third-order valence-corrected chi connectivity index (χ3v) is 1.66. The van der Waals surface area contributed by atoms with Crippen LogP contribution in [-0.4, -0.2) is 13.1 Å². The third kappa shape index (κ3) is 1.64. The van der Waals surface area contributed by atoms with Crippen molar-refractivity contribution < 1.29 is 13.9 Å². The van der Waals surface area contributed by atoms with Crippen molar-refractivity contribution in [1.82, 2.24) is 0 Å². The highest BCUT2D eigenvalue weighted by molar-refractivity contribution is 5.92. The molecule has 1 rings (SSSR count). The van der Waals surface area contributed by atoms with Gasteiger partial charge in [0.25, 0.3) is 0 Å². The van der Waals surface area contributed by atoms with E-state index in [1.165, 1.54) is 0 Å². The number of carbonyl (C=O) groups is 1. The van der Waals surface area contributed by atoms with Gasteiger partial charge in [-0.1, -0.05) is 0 Å². The van der Waals surface area contributed by atoms with Gasteiger partial charge >= 0.3 is 5.97 Å². The zero-order chi connectivity index (χ0) is 10.7. The number of hydrogen-bond acceptors (Lipinski definition) is 4. The third-order valence-electron chi connectivity index (χ3n) is 1.66. The second-order valence-electron chi connectivity index (χ2n) is 2.52. The van der Waals surface area contributed by atoms with Crippen LogP contribution in [0.4, 0.5) is 10.1 Å². The zero-order valence-corrected chi connectivity index (χ0v) is 7.37. The van der Waals surface area contributed by atoms with Crippen LogP contribution in [0.1, 0.15) is 15.9 Å². The Morgan fingerprint density at radius 3 is 2.79 bits per heavy atom. The molecule has 0 aromatic heterocycles. The van der Waals surface area contributed by atoms with E-state index in [0.29, 0.717) is 0 Å². The summed E-state index contributed by atoms with van der Waals surface area (Å²) in [6.07, 6.45) is 0. The molecule has 0 unspecified atom stereocenters. The van der Waals surface area contributed by atoms with E-state index in [1.807, 2.05) is 0 Å². The van der Waals surface area contributed by atoms with Crippen molar-refractivity contribution in [2.24, 2.45) is 0 Å². The Labute approximate surface area is 79.7 Å². The van der Waals surface area contributed by atoms with Crippen molar-refractivity contribution in [2.75, 3.05) is 12.8 Å². The first-order chi connectivity index (χ1) is 6.60. The number of carbonyl (C=O) groups excluding carboxylic acids is 1. The molecule has 0 bridgehead atoms. The fraction of sp³-hybridized carbons (Fsp3) is 0.111. The highest BCUT2D eigenvalue weighted by Crippen LogP contribution is 2.17. The summed E-state index contributed by atoms with van der Waals surface area (Å²) in [6, 6.07) is 3.72. The van der Waals surface area contributed by atoms with Crippen molar-refractivity contribution in [3.05, 3.63) is 29.1 Å². The number of methoxy groups -OCH3 is 1. The molecule has 0 spiro atoms. The van der Waals surface area contributed by atoms with Crippen LogP contribution in [0.2, 0.25) is 0 Å². The SMILES string of the molecule is COC(=O)c1cc(F)c(N)cc1C#N. The minimum atomic E-state index is -0.763. The highest BCUT2D eigenvalue weighted by Gasteiger charge is 2.14. The van der Waals surface area contributed by atoms with Crippen LogP contribution in [0.3, 0.4) is 0 Å². The van der Waals surface area contributed by atoms with Gasteiger partial charge in [0.15, 0.2) is 0 Å². The molecule has 0 saturated carbocycles. The van der Waals surface area contributed by atoms with E-state index in [4.69, 9.17) is 11.0 Å². The molecule has 0 aliphatic rings. The molecule has 1 aromatic carbocycles. The lowest BCUT2D eigenvalue weighted by molar-refractivity contribution is 0.0600. The van der Waals surface area contributed by atoms with Gasteiger partial charge in [-0.05, 0) is 12.1 Å². The molecule has 14 heavy (non-hydrogen) atoms. The van der Waals surface area contributed by atoms with Gasteiger partial charge in [0.2, 0.25) is 0 Å². The van der Waals surface area contributed by atoms with Crippen molar-refractivity contribution in [3.8, 4) is 6.07 Å². The number of nitrogens with zero attached hydrogens (tertiary/aromatic N) is 1. The summed E-state index contributed by atoms with van der Waals surface area (Å²) in [5.74, 6) is -1.51. The Kier molecular flexibility index (Phi) is 2.67. The molecular formula is C9H7FN2O2. The average molecular weight is 194 g/mol. The summed E-state index contributed by atoms with van der Waals surface area (Å²) in [5.41, 5.74) is 4.93. The summed E-state index contributed by atoms with van der Waals surface area (Å²) in [5, 5.41) is 8.64. The first kappa shape index (κ1) is 9.99. The number of nitriles is 1. The molecule has 1 aromatic rings. The summed E-state index contributed by atoms with van der Waals surface area (Å²) in [7, 11) is 1.15. The Bertz CT molecular complexity index is 424. The molecule has 0 amide bonds. The Hall–Kier alpha value is -2.09. The Morgan fingerprint density at radius 1 is 1.64 bits per heavy atom. The molecule has 0 fully saturated rings. The standard InChI is InChI=1S/C9H7FN2O2/c1-14-9(13)6-3-7(10)8(12)2-5(6)4-11/h2-3H,12H2,1H3. The van der Waals surface area contributed by atoms with E-state index in [0.717, 1.165) is 19.2 Å². The largest absolute Gasteiger partial charge is 0.465 e. The second kappa shape index (κ2) is 3.75. The van der Waals surface area contributed by atoms with Crippen molar-refractivity contribution in [3.63, 3.8) is 0 Å². The van der Waals surface area contributed by atoms with Gasteiger partial charge in [0, 0.05) is 0 Å². The van der Waals surface area contributed by atoms with E-state index in [2.05, 4.69) is 4.74 Å². The fourth-order valence-electron chi connectivity index (χ4n) is 0.961. The van der Waals surface area contributed by atoms with Gasteiger partial charge in [0.05, 0.1) is 23.9 Å². The predicted molar refractivity (Wildman–Crippen MR) is 46.9 cm³/mol. The zero-order valence-electron chi connectivity index (χ0n) is 7.37. The van der Waals surface area contributed by atoms with E-state index in [-0.39, 0.29) is 16.8 Å². The number of hydrogen-bond donors (Lipinski definition) is 1. The topological polar surface area (TPSA) is 76.1 Å². The highest BCUT2D eigenvalue weighted by atomic mass is 19.1. The normalized spacial score (nSPS) is 9.21. The number of esters is 1. The minimum Gasteiger partial charge on any atom is -0.465 e. The quantitative estimate of drug-likeness (QED) is 0.535. The van der Waals surface area contributed by atoms with Gasteiger partial charge in [-0.15, -0.1) is 0 Å². The van der Waals surface area contributed by atoms with Crippen LogP contribution in [0.15, 0.2) is 12.1 Å². The van der Waals surface area contributed by atoms with Crippen LogP contribution in [0.25, 0.3) is 0 Å². The van der Waals surface area contributed by atoms with Crippen LogP contribution in [-0.2, 0) is 4.74 Å². The second-order valence-corrected chi connectivity index (χ2v) is 2.52. The number of benzene rings is 1. The Morgan fingerprint density at radius 2 is 2.29 bits per heavy atom. The van der Waals surface area contributed by atoms with E-state index in [1.54, 1.807) is 6.07 Å². The molecule has 0 aliphatic carbocycles. The van der Waals surface area contributed by atoms with E-state index in [9.17, 15) is 9.18 Å². The van der Waals surface area contributed by atoms with Crippen LogP contribution in [0, 0.1) is 17.1 Å². The van der Waals surface area contributed by atoms with Crippen LogP contribution >= 0.6 is 0 Å². The number of nitrogen functional groups attached to an aromatic ring is 1. The first-order valence-corrected chi connectivity index (χ1v) is 3.67. The number of ether oxygens (including phenoxy) is 1. The van der Waals surface area contributed by atoms with Crippen molar-refractivity contribution >= 4 is 11.7 Å². The molecule has 0 heterocycles. The predicted octanol–water partition coefficient (Wildman–Crippen LogP) is 1.07. The molecule has 2 N–H and O–H groups in total. The number of halogens is 1. The molecule has 72 valence electrons. The fourth-order valence-corrected chi connectivity index (χ4v) is 0.961. The first-order valence-electron chi connectivity index (χ1n) is 3.67. The lowest BCUT2D eigenvalue weighted by atomic mass is 10.1. The average Bonchev–Trinajstić information content (AvgIpc) is 2.20. The van der Waals surface area contributed by atoms with Gasteiger partial charge < -0.3 is 10.5 Å². The molecule has 5 heteroatoms. The summed E-state index contributed by atoms with van der Waals surface area (Å²) in [4.78, 5) is 11.1. The van der Waals surface area contributed by atoms with E-state index >= 15 is 0 Å². The smallest absolute Gasteiger partial charge is 0.339 e. The van der Waals surface area contributed by atoms with Crippen LogP contribution < -0.4 is 5.73 Å². The number of anilines is 1. The van der Waals surface area contributed by atoms with Gasteiger partial charge in [-0.3, -0.25) is 0 Å². The van der Waals surface area contributed by atoms with Gasteiger partial charge in [-0.25, -0.2) is 9.18 Å². The lowest BCUT2D eigenvalue weighted by Crippen LogP contribution is -2.06. The number of rotatable bonds is 1. The molecular weight excluding hydrogens is 187 g/mol. The molecule has 0 aliphatic heterocycles. The maximum Gasteiger partial charge on any atom is 0.339 e. The summed E-state index contributed by atoms with van der Waals surface area (Å²) >= 11 is 0. The molecule has 0 saturated heterocycles. The Balaban J connectivity index is 3.36. The summed E-state index contributed by atoms with van der Waals surface area (Å²) in [6.45, 7) is 0. The molecule has 4 nitrogen and oxygen atoms in total. The van der Waals surface area contributed by atoms with Crippen molar-refractivity contribution in [1.29, 1.82) is 5.26 Å².